The molecule has 3 nitrogen and oxygen atoms in total. The monoisotopic (exact) mass is 296 g/mol. The van der Waals surface area contributed by atoms with Crippen LogP contribution in [-0.2, 0) is 15.3 Å². The van der Waals surface area contributed by atoms with Crippen LogP contribution in [0, 0.1) is 0 Å². The zero-order chi connectivity index (χ0) is 15.2. The Labute approximate surface area is 131 Å². The summed E-state index contributed by atoms with van der Waals surface area (Å²) in [4.78, 5) is 0. The SMILES string of the molecule is C[N+]1(C)C[C@@H]2OC(c3ccccc3)(c3ccccc3)O[C@@H]2C1. The first-order valence-electron chi connectivity index (χ1n) is 7.88. The summed E-state index contributed by atoms with van der Waals surface area (Å²) in [6, 6.07) is 20.6. The number of rotatable bonds is 2. The summed E-state index contributed by atoms with van der Waals surface area (Å²) < 4.78 is 14.0. The van der Waals surface area contributed by atoms with Gasteiger partial charge in [-0.25, -0.2) is 0 Å². The van der Waals surface area contributed by atoms with Gasteiger partial charge in [-0.3, -0.25) is 0 Å². The Morgan fingerprint density at radius 1 is 0.773 bits per heavy atom. The summed E-state index contributed by atoms with van der Waals surface area (Å²) in [6.45, 7) is 1.98. The molecule has 2 heterocycles. The molecule has 2 saturated heterocycles. The molecule has 0 aliphatic carbocycles. The summed E-state index contributed by atoms with van der Waals surface area (Å²) >= 11 is 0. The largest absolute Gasteiger partial charge is 0.330 e. The van der Waals surface area contributed by atoms with Crippen molar-refractivity contribution in [2.75, 3.05) is 27.2 Å². The van der Waals surface area contributed by atoms with Gasteiger partial charge in [0, 0.05) is 11.1 Å². The van der Waals surface area contributed by atoms with Crippen molar-refractivity contribution in [2.45, 2.75) is 18.0 Å². The number of fused-ring (bicyclic) bond motifs is 1. The van der Waals surface area contributed by atoms with Crippen molar-refractivity contribution in [3.63, 3.8) is 0 Å². The molecule has 0 radical (unpaired) electrons. The van der Waals surface area contributed by atoms with Gasteiger partial charge in [0.05, 0.1) is 14.1 Å². The summed E-state index contributed by atoms with van der Waals surface area (Å²) in [5.74, 6) is -0.766. The fourth-order valence-corrected chi connectivity index (χ4v) is 3.72. The highest BCUT2D eigenvalue weighted by Crippen LogP contribution is 2.45. The molecule has 114 valence electrons. The van der Waals surface area contributed by atoms with Crippen LogP contribution in [0.5, 0.6) is 0 Å². The summed E-state index contributed by atoms with van der Waals surface area (Å²) in [6.07, 6.45) is 0.297. The smallest absolute Gasteiger partial charge is 0.223 e. The first-order chi connectivity index (χ1) is 10.6. The number of ether oxygens (including phenoxy) is 2. The van der Waals surface area contributed by atoms with Gasteiger partial charge < -0.3 is 14.0 Å². The Bertz CT molecular complexity index is 596. The molecule has 0 spiro atoms. The molecule has 0 amide bonds. The topological polar surface area (TPSA) is 18.5 Å². The van der Waals surface area contributed by atoms with E-state index in [1.54, 1.807) is 0 Å². The minimum absolute atomic E-state index is 0.149. The standard InChI is InChI=1S/C19H22NO2/c1-20(2)13-17-18(14-20)22-19(21-17,15-9-5-3-6-10-15)16-11-7-4-8-12-16/h3-12,17-18H,13-14H2,1-2H3/q+1/t17-,18+. The molecule has 2 fully saturated rings. The van der Waals surface area contributed by atoms with Crippen LogP contribution >= 0.6 is 0 Å². The van der Waals surface area contributed by atoms with E-state index in [0.29, 0.717) is 0 Å². The van der Waals surface area contributed by atoms with E-state index in [4.69, 9.17) is 9.47 Å². The quantitative estimate of drug-likeness (QED) is 0.793. The van der Waals surface area contributed by atoms with Crippen molar-refractivity contribution < 1.29 is 14.0 Å². The molecule has 4 rings (SSSR count). The van der Waals surface area contributed by atoms with Gasteiger partial charge in [0.15, 0.2) is 0 Å². The minimum Gasteiger partial charge on any atom is -0.330 e. The Morgan fingerprint density at radius 2 is 1.18 bits per heavy atom. The van der Waals surface area contributed by atoms with Crippen molar-refractivity contribution in [1.82, 2.24) is 0 Å². The van der Waals surface area contributed by atoms with Gasteiger partial charge in [-0.2, -0.15) is 0 Å². The van der Waals surface area contributed by atoms with Crippen LogP contribution in [0.3, 0.4) is 0 Å². The van der Waals surface area contributed by atoms with E-state index < -0.39 is 5.79 Å². The number of hydrogen-bond donors (Lipinski definition) is 0. The van der Waals surface area contributed by atoms with E-state index in [2.05, 4.69) is 38.4 Å². The molecule has 22 heavy (non-hydrogen) atoms. The molecule has 0 aromatic heterocycles. The van der Waals surface area contributed by atoms with Crippen LogP contribution in [0.1, 0.15) is 11.1 Å². The molecular weight excluding hydrogens is 274 g/mol. The highest BCUT2D eigenvalue weighted by atomic mass is 16.8. The van der Waals surface area contributed by atoms with Crippen LogP contribution in [0.15, 0.2) is 60.7 Å². The van der Waals surface area contributed by atoms with Crippen LogP contribution in [-0.4, -0.2) is 43.9 Å². The first-order valence-corrected chi connectivity index (χ1v) is 7.88. The lowest BCUT2D eigenvalue weighted by molar-refractivity contribution is -0.882. The zero-order valence-electron chi connectivity index (χ0n) is 13.1. The molecule has 2 atom stereocenters. The highest BCUT2D eigenvalue weighted by molar-refractivity contribution is 5.35. The molecular formula is C19H22NO2+. The van der Waals surface area contributed by atoms with Gasteiger partial charge in [0.2, 0.25) is 5.79 Å². The Hall–Kier alpha value is -1.68. The number of benzene rings is 2. The number of likely N-dealkylation sites (N-methyl/N-ethyl adjacent to an activating group) is 1. The average molecular weight is 296 g/mol. The second kappa shape index (κ2) is 4.92. The molecule has 0 unspecified atom stereocenters. The van der Waals surface area contributed by atoms with E-state index in [0.717, 1.165) is 28.7 Å². The van der Waals surface area contributed by atoms with E-state index in [1.165, 1.54) is 0 Å². The maximum Gasteiger partial charge on any atom is 0.223 e. The Kier molecular flexibility index (Phi) is 3.12. The fraction of sp³-hybridized carbons (Fsp3) is 0.368. The third-order valence-corrected chi connectivity index (χ3v) is 4.71. The van der Waals surface area contributed by atoms with Gasteiger partial charge in [-0.1, -0.05) is 60.7 Å². The van der Waals surface area contributed by atoms with E-state index in [9.17, 15) is 0 Å². The molecule has 2 aliphatic heterocycles. The second-order valence-corrected chi connectivity index (χ2v) is 6.96. The molecule has 0 saturated carbocycles. The summed E-state index contributed by atoms with van der Waals surface area (Å²) in [7, 11) is 4.47. The van der Waals surface area contributed by atoms with Crippen LogP contribution < -0.4 is 0 Å². The average Bonchev–Trinajstić information content (AvgIpc) is 3.00. The molecule has 2 aromatic rings. The lowest BCUT2D eigenvalue weighted by atomic mass is 9.97. The maximum atomic E-state index is 6.54. The third kappa shape index (κ3) is 2.17. The predicted octanol–water partition coefficient (Wildman–Crippen LogP) is 2.76. The number of nitrogens with zero attached hydrogens (tertiary/aromatic N) is 1. The van der Waals surface area contributed by atoms with E-state index >= 15 is 0 Å². The van der Waals surface area contributed by atoms with Crippen LogP contribution in [0.4, 0.5) is 0 Å². The third-order valence-electron chi connectivity index (χ3n) is 4.71. The molecule has 0 bridgehead atoms. The predicted molar refractivity (Wildman–Crippen MR) is 85.3 cm³/mol. The summed E-state index contributed by atoms with van der Waals surface area (Å²) in [5.41, 5.74) is 2.14. The fourth-order valence-electron chi connectivity index (χ4n) is 3.72. The second-order valence-electron chi connectivity index (χ2n) is 6.96. The molecule has 2 aliphatic rings. The van der Waals surface area contributed by atoms with Crippen molar-refractivity contribution in [3.8, 4) is 0 Å². The van der Waals surface area contributed by atoms with Crippen LogP contribution in [0.25, 0.3) is 0 Å². The van der Waals surface area contributed by atoms with E-state index in [1.807, 2.05) is 36.4 Å². The molecule has 3 heteroatoms. The van der Waals surface area contributed by atoms with Crippen LogP contribution in [0.2, 0.25) is 0 Å². The maximum absolute atomic E-state index is 6.54. The number of quaternary nitrogens is 1. The number of likely N-dealkylation sites (tertiary alicyclic amines) is 1. The van der Waals surface area contributed by atoms with Gasteiger partial charge in [0.25, 0.3) is 0 Å². The molecule has 2 aromatic carbocycles. The highest BCUT2D eigenvalue weighted by Gasteiger charge is 2.56. The molecule has 0 N–H and O–H groups in total. The van der Waals surface area contributed by atoms with Crippen molar-refractivity contribution >= 4 is 0 Å². The van der Waals surface area contributed by atoms with Gasteiger partial charge in [0.1, 0.15) is 25.3 Å². The number of hydrogen-bond acceptors (Lipinski definition) is 2. The summed E-state index contributed by atoms with van der Waals surface area (Å²) in [5, 5.41) is 0. The lowest BCUT2D eigenvalue weighted by Crippen LogP contribution is -2.41. The first kappa shape index (κ1) is 13.9. The van der Waals surface area contributed by atoms with Gasteiger partial charge >= 0.3 is 0 Å². The normalized spacial score (nSPS) is 28.5. The van der Waals surface area contributed by atoms with Gasteiger partial charge in [-0.05, 0) is 0 Å². The Morgan fingerprint density at radius 3 is 1.59 bits per heavy atom. The minimum atomic E-state index is -0.766. The van der Waals surface area contributed by atoms with Crippen molar-refractivity contribution in [1.29, 1.82) is 0 Å². The van der Waals surface area contributed by atoms with Gasteiger partial charge in [-0.15, -0.1) is 0 Å². The zero-order valence-corrected chi connectivity index (χ0v) is 13.1. The van der Waals surface area contributed by atoms with Crippen molar-refractivity contribution in [2.24, 2.45) is 0 Å². The van der Waals surface area contributed by atoms with Crippen molar-refractivity contribution in [3.05, 3.63) is 71.8 Å². The lowest BCUT2D eigenvalue weighted by Gasteiger charge is -2.32. The Balaban J connectivity index is 1.77. The van der Waals surface area contributed by atoms with E-state index in [-0.39, 0.29) is 12.2 Å².